The average molecular weight is 350 g/mol. The Balaban J connectivity index is 2.45. The Morgan fingerprint density at radius 2 is 1.92 bits per heavy atom. The molecule has 2 aromatic heterocycles. The van der Waals surface area contributed by atoms with Crippen molar-refractivity contribution in [2.75, 3.05) is 5.73 Å². The van der Waals surface area contributed by atoms with Gasteiger partial charge in [0.2, 0.25) is 0 Å². The molecule has 3 rings (SSSR count). The fourth-order valence-corrected chi connectivity index (χ4v) is 2.98. The third-order valence-electron chi connectivity index (χ3n) is 4.31. The number of aromatic nitrogens is 2. The van der Waals surface area contributed by atoms with Gasteiger partial charge in [0.15, 0.2) is 0 Å². The zero-order chi connectivity index (χ0) is 19.0. The molecule has 0 spiro atoms. The SMILES string of the molecule is Cc1ccc(O)c(C)c1-c1cn(-c2ccccn2)c(=O)c(C(N)=O)c1N. The van der Waals surface area contributed by atoms with Gasteiger partial charge in [-0.25, -0.2) is 4.98 Å². The van der Waals surface area contributed by atoms with Crippen LogP contribution in [0.5, 0.6) is 5.75 Å². The molecule has 5 N–H and O–H groups in total. The van der Waals surface area contributed by atoms with E-state index in [0.717, 1.165) is 5.56 Å². The summed E-state index contributed by atoms with van der Waals surface area (Å²) in [6.45, 7) is 3.58. The molecule has 0 saturated heterocycles. The number of anilines is 1. The van der Waals surface area contributed by atoms with Gasteiger partial charge < -0.3 is 16.6 Å². The number of phenols is 1. The summed E-state index contributed by atoms with van der Waals surface area (Å²) in [5, 5.41) is 10.1. The molecule has 0 fully saturated rings. The van der Waals surface area contributed by atoms with Crippen LogP contribution < -0.4 is 17.0 Å². The maximum Gasteiger partial charge on any atom is 0.271 e. The number of rotatable bonds is 3. The van der Waals surface area contributed by atoms with Crippen molar-refractivity contribution >= 4 is 11.6 Å². The number of hydrogen-bond acceptors (Lipinski definition) is 5. The lowest BCUT2D eigenvalue weighted by atomic mass is 9.93. The summed E-state index contributed by atoms with van der Waals surface area (Å²) in [6.07, 6.45) is 3.05. The third-order valence-corrected chi connectivity index (χ3v) is 4.31. The van der Waals surface area contributed by atoms with Gasteiger partial charge in [-0.3, -0.25) is 14.2 Å². The number of nitrogen functional groups attached to an aromatic ring is 1. The quantitative estimate of drug-likeness (QED) is 0.665. The Hall–Kier alpha value is -3.61. The lowest BCUT2D eigenvalue weighted by molar-refractivity contribution is 0.0999. The molecule has 0 aliphatic carbocycles. The number of primary amides is 1. The minimum atomic E-state index is -0.922. The second-order valence-electron chi connectivity index (χ2n) is 5.96. The van der Waals surface area contributed by atoms with Gasteiger partial charge in [-0.2, -0.15) is 0 Å². The smallest absolute Gasteiger partial charge is 0.271 e. The monoisotopic (exact) mass is 350 g/mol. The van der Waals surface area contributed by atoms with Crippen LogP contribution in [0.25, 0.3) is 16.9 Å². The maximum atomic E-state index is 12.7. The summed E-state index contributed by atoms with van der Waals surface area (Å²) >= 11 is 0. The zero-order valence-corrected chi connectivity index (χ0v) is 14.4. The fraction of sp³-hybridized carbons (Fsp3) is 0.105. The second-order valence-corrected chi connectivity index (χ2v) is 5.96. The largest absolute Gasteiger partial charge is 0.508 e. The van der Waals surface area contributed by atoms with Crippen LogP contribution in [-0.4, -0.2) is 20.6 Å². The van der Waals surface area contributed by atoms with Crippen molar-refractivity contribution in [3.63, 3.8) is 0 Å². The third kappa shape index (κ3) is 2.69. The fourth-order valence-electron chi connectivity index (χ4n) is 2.98. The molecule has 0 saturated carbocycles. The molecule has 0 atom stereocenters. The number of hydrogen-bond donors (Lipinski definition) is 3. The van der Waals surface area contributed by atoms with Crippen molar-refractivity contribution in [2.24, 2.45) is 5.73 Å². The average Bonchev–Trinajstić information content (AvgIpc) is 2.61. The molecule has 132 valence electrons. The first-order valence-electron chi connectivity index (χ1n) is 7.88. The zero-order valence-electron chi connectivity index (χ0n) is 14.4. The minimum Gasteiger partial charge on any atom is -0.508 e. The van der Waals surface area contributed by atoms with Gasteiger partial charge in [0.1, 0.15) is 17.1 Å². The van der Waals surface area contributed by atoms with Crippen LogP contribution in [0, 0.1) is 13.8 Å². The topological polar surface area (TPSA) is 124 Å². The summed E-state index contributed by atoms with van der Waals surface area (Å²) in [5.41, 5.74) is 13.0. The summed E-state index contributed by atoms with van der Waals surface area (Å²) in [4.78, 5) is 28.8. The van der Waals surface area contributed by atoms with Crippen molar-refractivity contribution in [1.82, 2.24) is 9.55 Å². The highest BCUT2D eigenvalue weighted by Crippen LogP contribution is 2.36. The number of carbonyl (C=O) groups excluding carboxylic acids is 1. The molecule has 0 unspecified atom stereocenters. The predicted octanol–water partition coefficient (Wildman–Crippen LogP) is 1.90. The summed E-state index contributed by atoms with van der Waals surface area (Å²) in [7, 11) is 0. The highest BCUT2D eigenvalue weighted by Gasteiger charge is 2.22. The molecule has 0 bridgehead atoms. The number of benzene rings is 1. The molecule has 0 radical (unpaired) electrons. The van der Waals surface area contributed by atoms with Crippen molar-refractivity contribution in [3.8, 4) is 22.7 Å². The Morgan fingerprint density at radius 3 is 2.54 bits per heavy atom. The highest BCUT2D eigenvalue weighted by atomic mass is 16.3. The van der Waals surface area contributed by atoms with E-state index in [9.17, 15) is 14.7 Å². The molecular formula is C19H18N4O3. The molecular weight excluding hydrogens is 332 g/mol. The van der Waals surface area contributed by atoms with Crippen LogP contribution >= 0.6 is 0 Å². The van der Waals surface area contributed by atoms with Crippen LogP contribution in [0.1, 0.15) is 21.5 Å². The van der Waals surface area contributed by atoms with E-state index in [2.05, 4.69) is 4.98 Å². The highest BCUT2D eigenvalue weighted by molar-refractivity contribution is 6.01. The van der Waals surface area contributed by atoms with Crippen LogP contribution in [0.2, 0.25) is 0 Å². The van der Waals surface area contributed by atoms with E-state index in [1.165, 1.54) is 17.0 Å². The van der Waals surface area contributed by atoms with Gasteiger partial charge in [0.05, 0.1) is 5.69 Å². The normalized spacial score (nSPS) is 10.7. The molecule has 3 aromatic rings. The molecule has 1 amide bonds. The van der Waals surface area contributed by atoms with Crippen LogP contribution in [-0.2, 0) is 0 Å². The Kier molecular flexibility index (Phi) is 4.21. The van der Waals surface area contributed by atoms with Crippen molar-refractivity contribution in [3.05, 3.63) is 69.8 Å². The Morgan fingerprint density at radius 1 is 1.19 bits per heavy atom. The molecule has 0 aliphatic heterocycles. The van der Waals surface area contributed by atoms with E-state index in [4.69, 9.17) is 11.5 Å². The number of aromatic hydroxyl groups is 1. The van der Waals surface area contributed by atoms with Gasteiger partial charge in [-0.05, 0) is 48.7 Å². The first-order valence-corrected chi connectivity index (χ1v) is 7.88. The Bertz CT molecular complexity index is 1070. The van der Waals surface area contributed by atoms with E-state index >= 15 is 0 Å². The number of aryl methyl sites for hydroxylation is 1. The second kappa shape index (κ2) is 6.36. The van der Waals surface area contributed by atoms with Crippen LogP contribution in [0.15, 0.2) is 47.5 Å². The number of phenolic OH excluding ortho intramolecular Hbond substituents is 1. The number of nitrogens with zero attached hydrogens (tertiary/aromatic N) is 2. The van der Waals surface area contributed by atoms with Gasteiger partial charge in [-0.1, -0.05) is 12.1 Å². The number of pyridine rings is 2. The number of nitrogens with two attached hydrogens (primary N) is 2. The number of carbonyl (C=O) groups is 1. The maximum absolute atomic E-state index is 12.7. The molecule has 7 nitrogen and oxygen atoms in total. The van der Waals surface area contributed by atoms with Crippen LogP contribution in [0.3, 0.4) is 0 Å². The summed E-state index contributed by atoms with van der Waals surface area (Å²) < 4.78 is 1.23. The first kappa shape index (κ1) is 17.2. The van der Waals surface area contributed by atoms with Gasteiger partial charge in [0.25, 0.3) is 11.5 Å². The summed E-state index contributed by atoms with van der Waals surface area (Å²) in [6, 6.07) is 8.38. The van der Waals surface area contributed by atoms with E-state index in [1.807, 2.05) is 6.92 Å². The lowest BCUT2D eigenvalue weighted by Crippen LogP contribution is -2.31. The van der Waals surface area contributed by atoms with E-state index in [-0.39, 0.29) is 17.0 Å². The van der Waals surface area contributed by atoms with Crippen molar-refractivity contribution in [1.29, 1.82) is 0 Å². The van der Waals surface area contributed by atoms with Gasteiger partial charge in [-0.15, -0.1) is 0 Å². The van der Waals surface area contributed by atoms with E-state index in [0.29, 0.717) is 22.5 Å². The first-order chi connectivity index (χ1) is 12.3. The number of amides is 1. The van der Waals surface area contributed by atoms with Crippen molar-refractivity contribution < 1.29 is 9.90 Å². The van der Waals surface area contributed by atoms with Gasteiger partial charge >= 0.3 is 0 Å². The molecule has 26 heavy (non-hydrogen) atoms. The molecule has 7 heteroatoms. The van der Waals surface area contributed by atoms with Crippen LogP contribution in [0.4, 0.5) is 5.69 Å². The standard InChI is InChI=1S/C19H18N4O3/c1-10-6-7-13(24)11(2)15(10)12-9-23(14-5-3-4-8-22-14)19(26)16(17(12)20)18(21)25/h3-9,24H,20H2,1-2H3,(H2,21,25). The Labute approximate surface area is 149 Å². The molecule has 2 heterocycles. The van der Waals surface area contributed by atoms with E-state index in [1.54, 1.807) is 37.3 Å². The lowest BCUT2D eigenvalue weighted by Gasteiger charge is -2.17. The molecule has 0 aliphatic rings. The molecule has 1 aromatic carbocycles. The van der Waals surface area contributed by atoms with E-state index < -0.39 is 11.5 Å². The van der Waals surface area contributed by atoms with Crippen molar-refractivity contribution in [2.45, 2.75) is 13.8 Å². The van der Waals surface area contributed by atoms with Gasteiger partial charge in [0, 0.05) is 18.0 Å². The summed E-state index contributed by atoms with van der Waals surface area (Å²) in [5.74, 6) is -0.507. The predicted molar refractivity (Wildman–Crippen MR) is 99.3 cm³/mol. The minimum absolute atomic E-state index is 0.0218.